The van der Waals surface area contributed by atoms with Crippen LogP contribution in [0.15, 0.2) is 65.8 Å². The van der Waals surface area contributed by atoms with Gasteiger partial charge in [0.05, 0.1) is 12.7 Å². The Bertz CT molecular complexity index is 1060. The molecule has 0 spiro atoms. The topological polar surface area (TPSA) is 55.6 Å². The lowest BCUT2D eigenvalue weighted by Gasteiger charge is -2.13. The highest BCUT2D eigenvalue weighted by molar-refractivity contribution is 8.14. The molecular formula is C22H21N3O2S. The lowest BCUT2D eigenvalue weighted by atomic mass is 10.2. The third kappa shape index (κ3) is 3.31. The second-order valence-corrected chi connectivity index (χ2v) is 7.71. The molecule has 2 heterocycles. The minimum atomic E-state index is -0.335. The monoisotopic (exact) mass is 391 g/mol. The maximum Gasteiger partial charge on any atom is 0.337 e. The third-order valence-corrected chi connectivity index (χ3v) is 5.96. The van der Waals surface area contributed by atoms with Gasteiger partial charge in [-0.25, -0.2) is 4.79 Å². The summed E-state index contributed by atoms with van der Waals surface area (Å²) in [6.45, 7) is 4.16. The molecule has 3 aromatic rings. The van der Waals surface area contributed by atoms with Gasteiger partial charge in [0, 0.05) is 28.2 Å². The summed E-state index contributed by atoms with van der Waals surface area (Å²) in [6, 6.07) is 19.8. The van der Waals surface area contributed by atoms with E-state index >= 15 is 0 Å². The lowest BCUT2D eigenvalue weighted by Crippen LogP contribution is -2.09. The van der Waals surface area contributed by atoms with E-state index < -0.39 is 0 Å². The molecule has 1 aliphatic heterocycles. The highest BCUT2D eigenvalue weighted by atomic mass is 32.2. The Balaban J connectivity index is 1.64. The SMILES string of the molecule is COC(=O)c1cccc(-n2c(C)cc([C@@H]3NN=C(c4ccccc4)S3)c2C)c1. The summed E-state index contributed by atoms with van der Waals surface area (Å²) in [5.74, 6) is -0.335. The number of ether oxygens (including phenoxy) is 1. The summed E-state index contributed by atoms with van der Waals surface area (Å²) in [5, 5.41) is 5.57. The van der Waals surface area contributed by atoms with Crippen molar-refractivity contribution in [1.29, 1.82) is 0 Å². The standard InChI is InChI=1S/C22H21N3O2S/c1-14-12-19(21-24-23-20(28-21)16-8-5-4-6-9-16)15(2)25(14)18-11-7-10-17(13-18)22(26)27-3/h4-13,21,24H,1-3H3/t21-/m1/s1. The van der Waals surface area contributed by atoms with Gasteiger partial charge in [-0.3, -0.25) is 5.43 Å². The van der Waals surface area contributed by atoms with Gasteiger partial charge in [0.15, 0.2) is 0 Å². The predicted octanol–water partition coefficient (Wildman–Crippen LogP) is 4.58. The van der Waals surface area contributed by atoms with Gasteiger partial charge in [-0.05, 0) is 38.1 Å². The summed E-state index contributed by atoms with van der Waals surface area (Å²) in [5.41, 5.74) is 9.25. The fraction of sp³-hybridized carbons (Fsp3) is 0.182. The van der Waals surface area contributed by atoms with Crippen molar-refractivity contribution in [2.24, 2.45) is 5.10 Å². The zero-order valence-electron chi connectivity index (χ0n) is 16.0. The molecule has 1 aliphatic rings. The van der Waals surface area contributed by atoms with Crippen LogP contribution in [-0.2, 0) is 4.74 Å². The summed E-state index contributed by atoms with van der Waals surface area (Å²) in [7, 11) is 1.40. The summed E-state index contributed by atoms with van der Waals surface area (Å²) < 4.78 is 7.01. The van der Waals surface area contributed by atoms with Crippen molar-refractivity contribution in [3.63, 3.8) is 0 Å². The van der Waals surface area contributed by atoms with Gasteiger partial charge in [-0.2, -0.15) is 5.10 Å². The number of hydrazone groups is 1. The molecule has 0 saturated carbocycles. The number of aromatic nitrogens is 1. The number of aryl methyl sites for hydroxylation is 1. The molecule has 6 heteroatoms. The van der Waals surface area contributed by atoms with Crippen LogP contribution in [0.3, 0.4) is 0 Å². The molecule has 0 saturated heterocycles. The first-order chi connectivity index (χ1) is 13.6. The average Bonchev–Trinajstić information content (AvgIpc) is 3.32. The van der Waals surface area contributed by atoms with E-state index in [9.17, 15) is 4.79 Å². The number of methoxy groups -OCH3 is 1. The Kier molecular flexibility index (Phi) is 4.96. The first kappa shape index (κ1) is 18.4. The molecule has 142 valence electrons. The van der Waals surface area contributed by atoms with E-state index in [2.05, 4.69) is 47.1 Å². The van der Waals surface area contributed by atoms with Crippen LogP contribution < -0.4 is 5.43 Å². The smallest absolute Gasteiger partial charge is 0.337 e. The molecule has 0 fully saturated rings. The number of benzene rings is 2. The number of thioether (sulfide) groups is 1. The quantitative estimate of drug-likeness (QED) is 0.662. The van der Waals surface area contributed by atoms with Crippen LogP contribution in [0.1, 0.15) is 38.2 Å². The summed E-state index contributed by atoms with van der Waals surface area (Å²) >= 11 is 1.71. The fourth-order valence-electron chi connectivity index (χ4n) is 3.47. The lowest BCUT2D eigenvalue weighted by molar-refractivity contribution is 0.0600. The van der Waals surface area contributed by atoms with E-state index in [0.717, 1.165) is 27.7 Å². The molecular weight excluding hydrogens is 370 g/mol. The number of nitrogens with zero attached hydrogens (tertiary/aromatic N) is 2. The highest BCUT2D eigenvalue weighted by Crippen LogP contribution is 2.37. The minimum Gasteiger partial charge on any atom is -0.465 e. The van der Waals surface area contributed by atoms with Crippen LogP contribution in [-0.4, -0.2) is 22.7 Å². The van der Waals surface area contributed by atoms with Gasteiger partial charge in [-0.15, -0.1) is 0 Å². The second-order valence-electron chi connectivity index (χ2n) is 6.61. The van der Waals surface area contributed by atoms with Gasteiger partial charge in [0.2, 0.25) is 0 Å². The predicted molar refractivity (Wildman–Crippen MR) is 113 cm³/mol. The van der Waals surface area contributed by atoms with Crippen LogP contribution in [0.4, 0.5) is 0 Å². The number of rotatable bonds is 4. The summed E-state index contributed by atoms with van der Waals surface area (Å²) in [4.78, 5) is 11.9. The molecule has 1 aromatic heterocycles. The van der Waals surface area contributed by atoms with Crippen molar-refractivity contribution in [3.05, 3.63) is 88.7 Å². The number of hydrogen-bond donors (Lipinski definition) is 1. The van der Waals surface area contributed by atoms with E-state index in [0.29, 0.717) is 5.56 Å². The van der Waals surface area contributed by atoms with Gasteiger partial charge in [0.1, 0.15) is 10.4 Å². The Hall–Kier alpha value is -2.99. The van der Waals surface area contributed by atoms with Crippen LogP contribution >= 0.6 is 11.8 Å². The molecule has 5 nitrogen and oxygen atoms in total. The zero-order valence-corrected chi connectivity index (χ0v) is 16.8. The normalized spacial score (nSPS) is 15.8. The van der Waals surface area contributed by atoms with E-state index in [4.69, 9.17) is 4.74 Å². The van der Waals surface area contributed by atoms with Crippen molar-refractivity contribution < 1.29 is 9.53 Å². The molecule has 28 heavy (non-hydrogen) atoms. The molecule has 1 atom stereocenters. The Morgan fingerprint density at radius 2 is 1.89 bits per heavy atom. The Morgan fingerprint density at radius 3 is 2.64 bits per heavy atom. The zero-order chi connectivity index (χ0) is 19.7. The highest BCUT2D eigenvalue weighted by Gasteiger charge is 2.26. The van der Waals surface area contributed by atoms with E-state index in [1.54, 1.807) is 17.8 Å². The third-order valence-electron chi connectivity index (χ3n) is 4.81. The van der Waals surface area contributed by atoms with Gasteiger partial charge < -0.3 is 9.30 Å². The molecule has 2 aromatic carbocycles. The maximum atomic E-state index is 11.9. The van der Waals surface area contributed by atoms with Crippen molar-refractivity contribution in [3.8, 4) is 5.69 Å². The van der Waals surface area contributed by atoms with Crippen LogP contribution in [0.25, 0.3) is 5.69 Å². The number of nitrogens with one attached hydrogen (secondary N) is 1. The number of carbonyl (C=O) groups excluding carboxylic acids is 1. The van der Waals surface area contributed by atoms with Crippen LogP contribution in [0.2, 0.25) is 0 Å². The Morgan fingerprint density at radius 1 is 1.11 bits per heavy atom. The van der Waals surface area contributed by atoms with Gasteiger partial charge in [-0.1, -0.05) is 48.2 Å². The van der Waals surface area contributed by atoms with Crippen LogP contribution in [0, 0.1) is 13.8 Å². The first-order valence-electron chi connectivity index (χ1n) is 9.01. The number of carbonyl (C=O) groups is 1. The number of esters is 1. The Labute approximate surface area is 168 Å². The first-order valence-corrected chi connectivity index (χ1v) is 9.89. The maximum absolute atomic E-state index is 11.9. The largest absolute Gasteiger partial charge is 0.465 e. The van der Waals surface area contributed by atoms with Crippen molar-refractivity contribution in [2.75, 3.05) is 7.11 Å². The number of hydrogen-bond acceptors (Lipinski definition) is 5. The molecule has 4 rings (SSSR count). The molecule has 0 radical (unpaired) electrons. The van der Waals surface area contributed by atoms with Crippen molar-refractivity contribution >= 4 is 22.8 Å². The van der Waals surface area contributed by atoms with Gasteiger partial charge in [0.25, 0.3) is 0 Å². The fourth-order valence-corrected chi connectivity index (χ4v) is 4.54. The summed E-state index contributed by atoms with van der Waals surface area (Å²) in [6.07, 6.45) is 0. The molecule has 0 aliphatic carbocycles. The van der Waals surface area contributed by atoms with E-state index in [1.807, 2.05) is 36.4 Å². The molecule has 0 amide bonds. The molecule has 1 N–H and O–H groups in total. The van der Waals surface area contributed by atoms with Crippen LogP contribution in [0.5, 0.6) is 0 Å². The molecule has 0 bridgehead atoms. The van der Waals surface area contributed by atoms with E-state index in [-0.39, 0.29) is 11.3 Å². The minimum absolute atomic E-state index is 0.0546. The molecule has 0 unspecified atom stereocenters. The average molecular weight is 391 g/mol. The van der Waals surface area contributed by atoms with E-state index in [1.165, 1.54) is 12.7 Å². The van der Waals surface area contributed by atoms with Crippen molar-refractivity contribution in [1.82, 2.24) is 9.99 Å². The second kappa shape index (κ2) is 7.56. The van der Waals surface area contributed by atoms with Gasteiger partial charge >= 0.3 is 5.97 Å². The van der Waals surface area contributed by atoms with Crippen molar-refractivity contribution in [2.45, 2.75) is 19.2 Å².